The van der Waals surface area contributed by atoms with E-state index in [1.807, 2.05) is 14.0 Å². The topological polar surface area (TPSA) is 46.3 Å². The molecule has 0 rings (SSSR count). The van der Waals surface area contributed by atoms with Gasteiger partial charge in [0, 0.05) is 13.1 Å². The van der Waals surface area contributed by atoms with Crippen LogP contribution in [0.15, 0.2) is 0 Å². The quantitative estimate of drug-likeness (QED) is 0.720. The molecule has 0 aliphatic rings. The van der Waals surface area contributed by atoms with E-state index in [2.05, 4.69) is 13.8 Å². The van der Waals surface area contributed by atoms with Crippen LogP contribution in [0.2, 0.25) is 0 Å². The summed E-state index contributed by atoms with van der Waals surface area (Å²) in [6, 6.07) is 0.232. The summed E-state index contributed by atoms with van der Waals surface area (Å²) in [7, 11) is 1.81. The molecule has 3 heteroatoms. The van der Waals surface area contributed by atoms with Crippen LogP contribution in [0.25, 0.3) is 0 Å². The Labute approximate surface area is 81.3 Å². The van der Waals surface area contributed by atoms with Crippen molar-refractivity contribution in [3.8, 4) is 0 Å². The molecule has 13 heavy (non-hydrogen) atoms. The molecule has 2 N–H and O–H groups in total. The standard InChI is InChI=1S/C10H22N2O/c1-7(2)8(3)12(6)9(13)10(4,5)11/h7-8H,11H2,1-6H3. The summed E-state index contributed by atoms with van der Waals surface area (Å²) >= 11 is 0. The summed E-state index contributed by atoms with van der Waals surface area (Å²) in [6.45, 7) is 9.70. The van der Waals surface area contributed by atoms with Gasteiger partial charge in [0.15, 0.2) is 0 Å². The van der Waals surface area contributed by atoms with Gasteiger partial charge in [-0.25, -0.2) is 0 Å². The van der Waals surface area contributed by atoms with Gasteiger partial charge < -0.3 is 10.6 Å². The number of hydrogen-bond acceptors (Lipinski definition) is 2. The normalized spacial score (nSPS) is 14.5. The van der Waals surface area contributed by atoms with Gasteiger partial charge in [0.2, 0.25) is 5.91 Å². The molecule has 1 unspecified atom stereocenters. The lowest BCUT2D eigenvalue weighted by Gasteiger charge is -2.32. The van der Waals surface area contributed by atoms with Crippen LogP contribution in [0.5, 0.6) is 0 Å². The lowest BCUT2D eigenvalue weighted by atomic mass is 10.0. The van der Waals surface area contributed by atoms with Gasteiger partial charge in [-0.1, -0.05) is 13.8 Å². The van der Waals surface area contributed by atoms with Crippen LogP contribution < -0.4 is 5.73 Å². The van der Waals surface area contributed by atoms with Crippen LogP contribution in [0.1, 0.15) is 34.6 Å². The lowest BCUT2D eigenvalue weighted by Crippen LogP contribution is -2.53. The number of nitrogens with zero attached hydrogens (tertiary/aromatic N) is 1. The number of carbonyl (C=O) groups is 1. The number of amides is 1. The van der Waals surface area contributed by atoms with Gasteiger partial charge in [-0.15, -0.1) is 0 Å². The van der Waals surface area contributed by atoms with Crippen molar-refractivity contribution in [1.82, 2.24) is 4.90 Å². The SMILES string of the molecule is CC(C)C(C)N(C)C(=O)C(C)(C)N. The van der Waals surface area contributed by atoms with E-state index in [0.717, 1.165) is 0 Å². The van der Waals surface area contributed by atoms with Crippen LogP contribution in [-0.4, -0.2) is 29.4 Å². The molecule has 78 valence electrons. The predicted octanol–water partition coefficient (Wildman–Crippen LogP) is 1.23. The van der Waals surface area contributed by atoms with Gasteiger partial charge in [0.25, 0.3) is 0 Å². The highest BCUT2D eigenvalue weighted by atomic mass is 16.2. The summed E-state index contributed by atoms with van der Waals surface area (Å²) < 4.78 is 0. The van der Waals surface area contributed by atoms with Crippen molar-refractivity contribution < 1.29 is 4.79 Å². The van der Waals surface area contributed by atoms with E-state index in [0.29, 0.717) is 5.92 Å². The Balaban J connectivity index is 4.44. The zero-order chi connectivity index (χ0) is 10.8. The van der Waals surface area contributed by atoms with Crippen molar-refractivity contribution in [2.75, 3.05) is 7.05 Å². The Hall–Kier alpha value is -0.570. The first kappa shape index (κ1) is 12.4. The van der Waals surface area contributed by atoms with Crippen molar-refractivity contribution >= 4 is 5.91 Å². The average molecular weight is 186 g/mol. The third kappa shape index (κ3) is 3.35. The monoisotopic (exact) mass is 186 g/mol. The van der Waals surface area contributed by atoms with Crippen molar-refractivity contribution in [1.29, 1.82) is 0 Å². The Morgan fingerprint density at radius 1 is 1.31 bits per heavy atom. The molecule has 0 aliphatic carbocycles. The Bertz CT molecular complexity index is 182. The molecule has 1 amide bonds. The number of rotatable bonds is 3. The summed E-state index contributed by atoms with van der Waals surface area (Å²) in [5.41, 5.74) is 4.96. The summed E-state index contributed by atoms with van der Waals surface area (Å²) in [5, 5.41) is 0. The number of likely N-dealkylation sites (N-methyl/N-ethyl adjacent to an activating group) is 1. The fourth-order valence-electron chi connectivity index (χ4n) is 1.09. The van der Waals surface area contributed by atoms with Gasteiger partial charge in [0.05, 0.1) is 5.54 Å². The first-order valence-electron chi connectivity index (χ1n) is 4.74. The minimum absolute atomic E-state index is 0.00583. The maximum atomic E-state index is 11.7. The van der Waals surface area contributed by atoms with Crippen molar-refractivity contribution in [2.45, 2.75) is 46.2 Å². The van der Waals surface area contributed by atoms with Crippen molar-refractivity contribution in [3.05, 3.63) is 0 Å². The first-order valence-corrected chi connectivity index (χ1v) is 4.74. The van der Waals surface area contributed by atoms with Crippen LogP contribution in [0.4, 0.5) is 0 Å². The highest BCUT2D eigenvalue weighted by molar-refractivity contribution is 5.85. The van der Waals surface area contributed by atoms with Gasteiger partial charge in [-0.3, -0.25) is 4.79 Å². The first-order chi connectivity index (χ1) is 5.68. The Kier molecular flexibility index (Phi) is 3.91. The molecular formula is C10H22N2O. The predicted molar refractivity (Wildman–Crippen MR) is 55.3 cm³/mol. The van der Waals surface area contributed by atoms with Crippen LogP contribution in [0, 0.1) is 5.92 Å². The smallest absolute Gasteiger partial charge is 0.242 e. The molecule has 0 aromatic carbocycles. The third-order valence-electron chi connectivity index (χ3n) is 2.45. The number of nitrogens with two attached hydrogens (primary N) is 1. The molecular weight excluding hydrogens is 164 g/mol. The molecule has 0 heterocycles. The fraction of sp³-hybridized carbons (Fsp3) is 0.900. The van der Waals surface area contributed by atoms with E-state index in [9.17, 15) is 4.79 Å². The van der Waals surface area contributed by atoms with Gasteiger partial charge in [-0.05, 0) is 26.7 Å². The molecule has 0 aromatic heterocycles. The fourth-order valence-corrected chi connectivity index (χ4v) is 1.09. The van der Waals surface area contributed by atoms with E-state index in [1.165, 1.54) is 0 Å². The highest BCUT2D eigenvalue weighted by Gasteiger charge is 2.28. The van der Waals surface area contributed by atoms with Crippen LogP contribution >= 0.6 is 0 Å². The van der Waals surface area contributed by atoms with Gasteiger partial charge >= 0.3 is 0 Å². The second kappa shape index (κ2) is 4.09. The van der Waals surface area contributed by atoms with Crippen molar-refractivity contribution in [3.63, 3.8) is 0 Å². The van der Waals surface area contributed by atoms with E-state index >= 15 is 0 Å². The van der Waals surface area contributed by atoms with E-state index in [1.54, 1.807) is 18.7 Å². The van der Waals surface area contributed by atoms with Gasteiger partial charge in [0.1, 0.15) is 0 Å². The largest absolute Gasteiger partial charge is 0.341 e. The van der Waals surface area contributed by atoms with E-state index < -0.39 is 5.54 Å². The van der Waals surface area contributed by atoms with E-state index in [-0.39, 0.29) is 11.9 Å². The Morgan fingerprint density at radius 3 is 1.92 bits per heavy atom. The van der Waals surface area contributed by atoms with Gasteiger partial charge in [-0.2, -0.15) is 0 Å². The molecule has 0 aromatic rings. The second-order valence-corrected chi connectivity index (χ2v) is 4.62. The average Bonchev–Trinajstić information content (AvgIpc) is 1.98. The van der Waals surface area contributed by atoms with Crippen LogP contribution in [-0.2, 0) is 4.79 Å². The summed E-state index contributed by atoms with van der Waals surface area (Å²) in [6.07, 6.45) is 0. The molecule has 0 bridgehead atoms. The second-order valence-electron chi connectivity index (χ2n) is 4.62. The number of carbonyl (C=O) groups excluding carboxylic acids is 1. The Morgan fingerprint density at radius 2 is 1.69 bits per heavy atom. The summed E-state index contributed by atoms with van der Waals surface area (Å²) in [4.78, 5) is 13.4. The molecule has 0 saturated heterocycles. The molecule has 0 aliphatic heterocycles. The molecule has 0 radical (unpaired) electrons. The third-order valence-corrected chi connectivity index (χ3v) is 2.45. The highest BCUT2D eigenvalue weighted by Crippen LogP contribution is 2.12. The van der Waals surface area contributed by atoms with E-state index in [4.69, 9.17) is 5.73 Å². The van der Waals surface area contributed by atoms with Crippen molar-refractivity contribution in [2.24, 2.45) is 11.7 Å². The van der Waals surface area contributed by atoms with Crippen LogP contribution in [0.3, 0.4) is 0 Å². The zero-order valence-corrected chi connectivity index (χ0v) is 9.59. The lowest BCUT2D eigenvalue weighted by molar-refractivity contribution is -0.137. The number of hydrogen-bond donors (Lipinski definition) is 1. The molecule has 3 nitrogen and oxygen atoms in total. The summed E-state index contributed by atoms with van der Waals surface area (Å²) in [5.74, 6) is 0.449. The molecule has 1 atom stereocenters. The maximum Gasteiger partial charge on any atom is 0.242 e. The minimum Gasteiger partial charge on any atom is -0.341 e. The maximum absolute atomic E-state index is 11.7. The minimum atomic E-state index is -0.766. The molecule has 0 fully saturated rings. The molecule has 0 spiro atoms. The molecule has 0 saturated carbocycles. The zero-order valence-electron chi connectivity index (χ0n) is 9.59.